The molecule has 8 nitrogen and oxygen atoms in total. The Morgan fingerprint density at radius 2 is 1.51 bits per heavy atom. The number of carboxylic acids is 1. The van der Waals surface area contributed by atoms with Crippen LogP contribution in [0.25, 0.3) is 22.5 Å². The first kappa shape index (κ1) is 37.9. The molecule has 0 spiro atoms. The fourth-order valence-electron chi connectivity index (χ4n) is 6.52. The van der Waals surface area contributed by atoms with Crippen molar-refractivity contribution in [1.29, 1.82) is 0 Å². The molecule has 2 N–H and O–H groups in total. The Morgan fingerprint density at radius 3 is 2.12 bits per heavy atom. The maximum Gasteiger partial charge on any atom is 0.329 e. The molecule has 5 rings (SSSR count). The Bertz CT molecular complexity index is 1750. The number of rotatable bonds is 17. The minimum Gasteiger partial charge on any atom is -0.494 e. The molecule has 1 amide bonds. The van der Waals surface area contributed by atoms with Crippen LogP contribution in [0, 0.1) is 5.92 Å². The first-order chi connectivity index (χ1) is 24.5. The minimum atomic E-state index is -1.28. The molecule has 1 fully saturated rings. The maximum absolute atomic E-state index is 13.7. The fourth-order valence-corrected chi connectivity index (χ4v) is 7.53. The van der Waals surface area contributed by atoms with Crippen molar-refractivity contribution < 1.29 is 24.2 Å². The van der Waals surface area contributed by atoms with Gasteiger partial charge >= 0.3 is 5.97 Å². The summed E-state index contributed by atoms with van der Waals surface area (Å²) in [5.41, 5.74) is 2.23. The summed E-state index contributed by atoms with van der Waals surface area (Å²) >= 11 is 1.45. The van der Waals surface area contributed by atoms with Gasteiger partial charge in [-0.05, 0) is 66.5 Å². The Kier molecular flexibility index (Phi) is 12.8. The molecule has 0 saturated heterocycles. The zero-order valence-electron chi connectivity index (χ0n) is 30.4. The molecule has 0 bridgehead atoms. The summed E-state index contributed by atoms with van der Waals surface area (Å²) in [5.74, 6) is -0.816. The van der Waals surface area contributed by atoms with E-state index in [9.17, 15) is 19.5 Å². The predicted octanol–water partition coefficient (Wildman–Crippen LogP) is 9.46. The summed E-state index contributed by atoms with van der Waals surface area (Å²) < 4.78 is 5.90. The highest BCUT2D eigenvalue weighted by Crippen LogP contribution is 2.33. The number of nitrogens with one attached hydrogen (secondary N) is 1. The Balaban J connectivity index is 1.25. The van der Waals surface area contributed by atoms with Crippen LogP contribution in [0.3, 0.4) is 0 Å². The summed E-state index contributed by atoms with van der Waals surface area (Å²) in [6.45, 7) is 9.25. The number of carbonyl (C=O) groups excluding carboxylic acids is 2. The molecular weight excluding hydrogens is 659 g/mol. The second kappa shape index (κ2) is 17.2. The lowest BCUT2D eigenvalue weighted by Gasteiger charge is -2.28. The van der Waals surface area contributed by atoms with E-state index in [-0.39, 0.29) is 17.6 Å². The van der Waals surface area contributed by atoms with Crippen molar-refractivity contribution >= 4 is 29.0 Å². The lowest BCUT2D eigenvalue weighted by Crippen LogP contribution is -2.54. The molecule has 2 heterocycles. The number of hydrogen-bond donors (Lipinski definition) is 2. The third-order valence-electron chi connectivity index (χ3n) is 9.70. The molecule has 51 heavy (non-hydrogen) atoms. The Labute approximate surface area is 306 Å². The Hall–Kier alpha value is -4.37. The van der Waals surface area contributed by atoms with Crippen LogP contribution in [-0.2, 0) is 21.4 Å². The van der Waals surface area contributed by atoms with Gasteiger partial charge in [0.25, 0.3) is 0 Å². The van der Waals surface area contributed by atoms with E-state index in [2.05, 4.69) is 43.0 Å². The van der Waals surface area contributed by atoms with Crippen LogP contribution in [-0.4, -0.2) is 44.9 Å². The Morgan fingerprint density at radius 1 is 0.863 bits per heavy atom. The van der Waals surface area contributed by atoms with Gasteiger partial charge in [0.1, 0.15) is 11.3 Å². The second-order valence-electron chi connectivity index (χ2n) is 14.8. The summed E-state index contributed by atoms with van der Waals surface area (Å²) in [6.07, 6.45) is 12.2. The first-order valence-electron chi connectivity index (χ1n) is 18.3. The number of benzene rings is 2. The largest absolute Gasteiger partial charge is 0.494 e. The van der Waals surface area contributed by atoms with E-state index in [1.54, 1.807) is 0 Å². The standard InChI is InChI=1S/C42H51N3O5S/c1-5-6-7-8-11-24-50-34-18-16-30(17-19-34)33-27-43-38(44-28-33)31-14-12-29(13-15-31)25-32(39(47)45-42(40(48)49)22-9-10-23-42)26-35(46)36-20-21-37(51-36)41(2,3)4/h12-21,27-28,32H,5-11,22-26H2,1-4H3,(H,45,47)(H,48,49)/t32-/m1/s1. The molecule has 0 radical (unpaired) electrons. The second-order valence-corrected chi connectivity index (χ2v) is 15.9. The van der Waals surface area contributed by atoms with Crippen molar-refractivity contribution in [2.75, 3.05) is 6.61 Å². The van der Waals surface area contributed by atoms with Gasteiger partial charge in [-0.3, -0.25) is 9.59 Å². The minimum absolute atomic E-state index is 0.00982. The number of ketones is 1. The van der Waals surface area contributed by atoms with Crippen molar-refractivity contribution in [3.05, 3.63) is 88.4 Å². The van der Waals surface area contributed by atoms with Gasteiger partial charge in [-0.15, -0.1) is 11.3 Å². The number of aromatic nitrogens is 2. The molecule has 0 unspecified atom stereocenters. The molecule has 9 heteroatoms. The molecule has 0 aliphatic heterocycles. The van der Waals surface area contributed by atoms with Crippen LogP contribution in [0.2, 0.25) is 0 Å². The number of hydrogen-bond acceptors (Lipinski definition) is 7. The SMILES string of the molecule is CCCCCCCOc1ccc(-c2cnc(-c3ccc(C[C@H](CC(=O)c4ccc(C(C)(C)C)s4)C(=O)NC4(C(=O)O)CCCC4)cc3)nc2)cc1. The number of nitrogens with zero attached hydrogens (tertiary/aromatic N) is 2. The van der Waals surface area contributed by atoms with Gasteiger partial charge in [0.05, 0.1) is 11.5 Å². The smallest absolute Gasteiger partial charge is 0.329 e. The fraction of sp³-hybridized carbons (Fsp3) is 0.452. The average molecular weight is 710 g/mol. The van der Waals surface area contributed by atoms with Crippen molar-refractivity contribution in [2.45, 2.75) is 109 Å². The van der Waals surface area contributed by atoms with Gasteiger partial charge in [0.15, 0.2) is 11.6 Å². The predicted molar refractivity (Wildman–Crippen MR) is 203 cm³/mol. The van der Waals surface area contributed by atoms with Crippen LogP contribution >= 0.6 is 11.3 Å². The normalized spacial score (nSPS) is 14.6. The maximum atomic E-state index is 13.7. The topological polar surface area (TPSA) is 118 Å². The number of aliphatic carboxylic acids is 1. The van der Waals surface area contributed by atoms with Crippen LogP contribution in [0.4, 0.5) is 0 Å². The van der Waals surface area contributed by atoms with E-state index in [1.807, 2.05) is 73.1 Å². The van der Waals surface area contributed by atoms with E-state index in [0.29, 0.717) is 30.0 Å². The van der Waals surface area contributed by atoms with Crippen molar-refractivity contribution in [1.82, 2.24) is 15.3 Å². The van der Waals surface area contributed by atoms with E-state index in [1.165, 1.54) is 37.0 Å². The zero-order valence-corrected chi connectivity index (χ0v) is 31.2. The third-order valence-corrected chi connectivity index (χ3v) is 11.3. The highest BCUT2D eigenvalue weighted by atomic mass is 32.1. The molecule has 4 aromatic rings. The number of ether oxygens (including phenoxy) is 1. The summed E-state index contributed by atoms with van der Waals surface area (Å²) in [7, 11) is 0. The molecule has 1 saturated carbocycles. The van der Waals surface area contributed by atoms with Gasteiger partial charge in [-0.2, -0.15) is 0 Å². The van der Waals surface area contributed by atoms with E-state index in [4.69, 9.17) is 4.74 Å². The zero-order chi connectivity index (χ0) is 36.4. The monoisotopic (exact) mass is 709 g/mol. The number of carbonyl (C=O) groups is 3. The van der Waals surface area contributed by atoms with Gasteiger partial charge in [-0.25, -0.2) is 14.8 Å². The lowest BCUT2D eigenvalue weighted by atomic mass is 9.90. The van der Waals surface area contributed by atoms with Crippen molar-refractivity contribution in [3.8, 4) is 28.3 Å². The number of thiophene rings is 1. The van der Waals surface area contributed by atoms with Crippen LogP contribution < -0.4 is 10.1 Å². The summed E-state index contributed by atoms with van der Waals surface area (Å²) in [4.78, 5) is 50.4. The molecular formula is C42H51N3O5S. The quantitative estimate of drug-likeness (QED) is 0.0828. The summed E-state index contributed by atoms with van der Waals surface area (Å²) in [5, 5.41) is 12.9. The number of carboxylic acid groups (broad SMARTS) is 1. The lowest BCUT2D eigenvalue weighted by molar-refractivity contribution is -0.148. The molecule has 270 valence electrons. The van der Waals surface area contributed by atoms with Crippen molar-refractivity contribution in [2.24, 2.45) is 5.92 Å². The number of Topliss-reactive ketones (excluding diaryl/α,β-unsaturated/α-hetero) is 1. The van der Waals surface area contributed by atoms with Gasteiger partial charge in [0.2, 0.25) is 5.91 Å². The highest BCUT2D eigenvalue weighted by Gasteiger charge is 2.43. The molecule has 2 aromatic carbocycles. The molecule has 1 aliphatic rings. The van der Waals surface area contributed by atoms with E-state index < -0.39 is 23.3 Å². The van der Waals surface area contributed by atoms with Crippen LogP contribution in [0.1, 0.15) is 112 Å². The number of amides is 1. The third kappa shape index (κ3) is 10.1. The summed E-state index contributed by atoms with van der Waals surface area (Å²) in [6, 6.07) is 19.5. The van der Waals surface area contributed by atoms with Gasteiger partial charge in [0, 0.05) is 40.7 Å². The average Bonchev–Trinajstić information content (AvgIpc) is 3.82. The van der Waals surface area contributed by atoms with Crippen molar-refractivity contribution in [3.63, 3.8) is 0 Å². The van der Waals surface area contributed by atoms with Gasteiger partial charge in [-0.1, -0.05) is 103 Å². The van der Waals surface area contributed by atoms with Crippen LogP contribution in [0.15, 0.2) is 73.1 Å². The molecule has 1 atom stereocenters. The van der Waals surface area contributed by atoms with E-state index >= 15 is 0 Å². The first-order valence-corrected chi connectivity index (χ1v) is 19.1. The van der Waals surface area contributed by atoms with Gasteiger partial charge < -0.3 is 15.2 Å². The molecule has 1 aliphatic carbocycles. The number of unbranched alkanes of at least 4 members (excludes halogenated alkanes) is 4. The van der Waals surface area contributed by atoms with E-state index in [0.717, 1.165) is 58.7 Å². The molecule has 2 aromatic heterocycles. The highest BCUT2D eigenvalue weighted by molar-refractivity contribution is 7.14. The van der Waals surface area contributed by atoms with Crippen LogP contribution in [0.5, 0.6) is 5.75 Å².